The van der Waals surface area contributed by atoms with Crippen molar-refractivity contribution >= 4 is 0 Å². The van der Waals surface area contributed by atoms with E-state index < -0.39 is 0 Å². The Kier molecular flexibility index (Phi) is 12.9. The van der Waals surface area contributed by atoms with Crippen molar-refractivity contribution in [2.24, 2.45) is 11.8 Å². The molecular weight excluding hydrogens is 234 g/mol. The van der Waals surface area contributed by atoms with Gasteiger partial charge in [-0.15, -0.1) is 0 Å². The lowest BCUT2D eigenvalue weighted by atomic mass is 10.0. The molecule has 0 aromatic heterocycles. The van der Waals surface area contributed by atoms with Gasteiger partial charge in [0.25, 0.3) is 0 Å². The van der Waals surface area contributed by atoms with Gasteiger partial charge in [-0.2, -0.15) is 0 Å². The number of nitrogens with one attached hydrogen (secondary N) is 1. The Labute approximate surface area is 121 Å². The molecule has 2 unspecified atom stereocenters. The molecule has 0 aliphatic rings. The molecule has 0 amide bonds. The first-order valence-corrected chi connectivity index (χ1v) is 8.41. The second-order valence-electron chi connectivity index (χ2n) is 6.32. The smallest absolute Gasteiger partial charge is 0.0591 e. The molecule has 0 aromatic rings. The van der Waals surface area contributed by atoms with Crippen molar-refractivity contribution in [1.29, 1.82) is 0 Å². The molecule has 0 radical (unpaired) electrons. The first-order chi connectivity index (χ1) is 9.10. The maximum absolute atomic E-state index is 5.80. The molecule has 0 saturated heterocycles. The number of unbranched alkanes of at least 4 members (excludes halogenated alkanes) is 1. The molecule has 0 bridgehead atoms. The number of hydrogen-bond acceptors (Lipinski definition) is 2. The van der Waals surface area contributed by atoms with Crippen LogP contribution in [0.15, 0.2) is 0 Å². The maximum atomic E-state index is 5.80. The first-order valence-electron chi connectivity index (χ1n) is 8.41. The van der Waals surface area contributed by atoms with Crippen LogP contribution in [0.3, 0.4) is 0 Å². The van der Waals surface area contributed by atoms with Gasteiger partial charge in [0, 0.05) is 19.2 Å². The van der Waals surface area contributed by atoms with E-state index in [1.54, 1.807) is 0 Å². The van der Waals surface area contributed by atoms with Crippen LogP contribution in [0.4, 0.5) is 0 Å². The largest absolute Gasteiger partial charge is 0.380 e. The summed E-state index contributed by atoms with van der Waals surface area (Å²) in [6, 6.07) is 0.619. The molecule has 0 rings (SSSR count). The fraction of sp³-hybridized carbons (Fsp3) is 1.00. The Morgan fingerprint density at radius 3 is 2.32 bits per heavy atom. The summed E-state index contributed by atoms with van der Waals surface area (Å²) in [5.74, 6) is 1.57. The van der Waals surface area contributed by atoms with E-state index in [-0.39, 0.29) is 0 Å². The zero-order valence-electron chi connectivity index (χ0n) is 14.0. The average molecular weight is 271 g/mol. The third kappa shape index (κ3) is 12.7. The van der Waals surface area contributed by atoms with Gasteiger partial charge in [0.2, 0.25) is 0 Å². The predicted molar refractivity (Wildman–Crippen MR) is 85.7 cm³/mol. The van der Waals surface area contributed by atoms with Gasteiger partial charge in [0.05, 0.1) is 6.61 Å². The summed E-state index contributed by atoms with van der Waals surface area (Å²) in [5, 5.41) is 3.55. The van der Waals surface area contributed by atoms with E-state index in [0.717, 1.165) is 31.6 Å². The summed E-state index contributed by atoms with van der Waals surface area (Å²) in [6.45, 7) is 14.2. The van der Waals surface area contributed by atoms with E-state index in [1.165, 1.54) is 38.5 Å². The van der Waals surface area contributed by atoms with Crippen LogP contribution in [-0.4, -0.2) is 25.8 Å². The summed E-state index contributed by atoms with van der Waals surface area (Å²) in [4.78, 5) is 0. The van der Waals surface area contributed by atoms with Gasteiger partial charge in [-0.25, -0.2) is 0 Å². The van der Waals surface area contributed by atoms with Crippen molar-refractivity contribution in [3.05, 3.63) is 0 Å². The summed E-state index contributed by atoms with van der Waals surface area (Å²) >= 11 is 0. The van der Waals surface area contributed by atoms with Crippen molar-refractivity contribution in [2.75, 3.05) is 19.8 Å². The van der Waals surface area contributed by atoms with Gasteiger partial charge in [-0.05, 0) is 38.0 Å². The van der Waals surface area contributed by atoms with E-state index in [4.69, 9.17) is 4.74 Å². The molecule has 0 fully saturated rings. The highest BCUT2D eigenvalue weighted by Crippen LogP contribution is 2.12. The van der Waals surface area contributed by atoms with Crippen molar-refractivity contribution < 1.29 is 4.74 Å². The monoisotopic (exact) mass is 271 g/mol. The van der Waals surface area contributed by atoms with Crippen molar-refractivity contribution in [3.63, 3.8) is 0 Å². The normalized spacial score (nSPS) is 14.8. The van der Waals surface area contributed by atoms with Crippen LogP contribution < -0.4 is 5.32 Å². The van der Waals surface area contributed by atoms with Gasteiger partial charge in [-0.3, -0.25) is 0 Å². The minimum atomic E-state index is 0.619. The topological polar surface area (TPSA) is 21.3 Å². The second-order valence-corrected chi connectivity index (χ2v) is 6.32. The number of rotatable bonds is 13. The molecule has 0 spiro atoms. The third-order valence-electron chi connectivity index (χ3n) is 3.81. The molecule has 1 N–H and O–H groups in total. The molecule has 0 heterocycles. The highest BCUT2D eigenvalue weighted by molar-refractivity contribution is 4.62. The summed E-state index contributed by atoms with van der Waals surface area (Å²) in [5.41, 5.74) is 0. The van der Waals surface area contributed by atoms with E-state index in [0.29, 0.717) is 6.04 Å². The number of ether oxygens (including phenoxy) is 1. The highest BCUT2D eigenvalue weighted by Gasteiger charge is 2.06. The number of hydrogen-bond donors (Lipinski definition) is 1. The van der Waals surface area contributed by atoms with Gasteiger partial charge in [0.15, 0.2) is 0 Å². The lowest BCUT2D eigenvalue weighted by Gasteiger charge is -2.17. The van der Waals surface area contributed by atoms with Crippen LogP contribution in [0.25, 0.3) is 0 Å². The highest BCUT2D eigenvalue weighted by atomic mass is 16.5. The van der Waals surface area contributed by atoms with Crippen molar-refractivity contribution in [1.82, 2.24) is 5.32 Å². The molecule has 2 nitrogen and oxygen atoms in total. The molecular formula is C17H37NO. The van der Waals surface area contributed by atoms with Gasteiger partial charge in [-0.1, -0.05) is 47.0 Å². The zero-order chi connectivity index (χ0) is 14.5. The fourth-order valence-corrected chi connectivity index (χ4v) is 2.21. The van der Waals surface area contributed by atoms with Gasteiger partial charge in [0.1, 0.15) is 0 Å². The Morgan fingerprint density at radius 2 is 1.74 bits per heavy atom. The quantitative estimate of drug-likeness (QED) is 0.493. The molecule has 2 heteroatoms. The lowest BCUT2D eigenvalue weighted by Crippen LogP contribution is -2.30. The standard InChI is InChI=1S/C17H37NO/c1-6-8-9-17(7-2)14-19-13-12-18-16(5)11-10-15(3)4/h15-18H,6-14H2,1-5H3. The molecule has 0 aromatic carbocycles. The molecule has 116 valence electrons. The van der Waals surface area contributed by atoms with Crippen LogP contribution >= 0.6 is 0 Å². The summed E-state index contributed by atoms with van der Waals surface area (Å²) in [6.07, 6.45) is 7.79. The molecule has 0 saturated carbocycles. The maximum Gasteiger partial charge on any atom is 0.0591 e. The summed E-state index contributed by atoms with van der Waals surface area (Å²) < 4.78 is 5.80. The Balaban J connectivity index is 3.42. The van der Waals surface area contributed by atoms with Gasteiger partial charge >= 0.3 is 0 Å². The lowest BCUT2D eigenvalue weighted by molar-refractivity contribution is 0.0942. The Morgan fingerprint density at radius 1 is 1.00 bits per heavy atom. The SMILES string of the molecule is CCCCC(CC)COCCNC(C)CCC(C)C. The molecule has 19 heavy (non-hydrogen) atoms. The molecule has 2 atom stereocenters. The fourth-order valence-electron chi connectivity index (χ4n) is 2.21. The van der Waals surface area contributed by atoms with Gasteiger partial charge < -0.3 is 10.1 Å². The third-order valence-corrected chi connectivity index (χ3v) is 3.81. The van der Waals surface area contributed by atoms with E-state index in [1.807, 2.05) is 0 Å². The van der Waals surface area contributed by atoms with Crippen molar-refractivity contribution in [2.45, 2.75) is 79.2 Å². The zero-order valence-corrected chi connectivity index (χ0v) is 14.0. The molecule has 0 aliphatic heterocycles. The van der Waals surface area contributed by atoms with Crippen LogP contribution in [0, 0.1) is 11.8 Å². The van der Waals surface area contributed by atoms with E-state index >= 15 is 0 Å². The first kappa shape index (κ1) is 18.9. The molecule has 0 aliphatic carbocycles. The minimum absolute atomic E-state index is 0.619. The summed E-state index contributed by atoms with van der Waals surface area (Å²) in [7, 11) is 0. The van der Waals surface area contributed by atoms with E-state index in [9.17, 15) is 0 Å². The van der Waals surface area contributed by atoms with E-state index in [2.05, 4.69) is 39.9 Å². The second kappa shape index (κ2) is 12.9. The Bertz CT molecular complexity index is 182. The van der Waals surface area contributed by atoms with Crippen molar-refractivity contribution in [3.8, 4) is 0 Å². The van der Waals surface area contributed by atoms with Crippen LogP contribution in [0.5, 0.6) is 0 Å². The Hall–Kier alpha value is -0.0800. The van der Waals surface area contributed by atoms with Crippen LogP contribution in [-0.2, 0) is 4.74 Å². The predicted octanol–water partition coefficient (Wildman–Crippen LogP) is 4.63. The minimum Gasteiger partial charge on any atom is -0.380 e. The average Bonchev–Trinajstić information content (AvgIpc) is 2.39. The van der Waals surface area contributed by atoms with Crippen LogP contribution in [0.2, 0.25) is 0 Å². The van der Waals surface area contributed by atoms with Crippen LogP contribution in [0.1, 0.15) is 73.1 Å².